The molecule has 2 amide bonds. The zero-order chi connectivity index (χ0) is 17.1. The van der Waals surface area contributed by atoms with Gasteiger partial charge in [-0.2, -0.15) is 0 Å². The van der Waals surface area contributed by atoms with Gasteiger partial charge >= 0.3 is 0 Å². The second kappa shape index (κ2) is 7.21. The summed E-state index contributed by atoms with van der Waals surface area (Å²) < 4.78 is 0. The minimum Gasteiger partial charge on any atom is -0.392 e. The average molecular weight is 331 g/mol. The van der Waals surface area contributed by atoms with Crippen LogP contribution in [0.5, 0.6) is 0 Å². The number of carbonyl (C=O) groups excluding carboxylic acids is 2. The number of nitrogens with one attached hydrogen (secondary N) is 1. The number of aliphatic hydroxyl groups is 1. The molecule has 24 heavy (non-hydrogen) atoms. The molecule has 1 aromatic rings. The Hall–Kier alpha value is -2.08. The predicted molar refractivity (Wildman–Crippen MR) is 91.5 cm³/mol. The van der Waals surface area contributed by atoms with E-state index in [0.29, 0.717) is 26.2 Å². The number of carbonyl (C=O) groups is 2. The molecule has 2 N–H and O–H groups in total. The van der Waals surface area contributed by atoms with Gasteiger partial charge < -0.3 is 20.2 Å². The lowest BCUT2D eigenvalue weighted by Gasteiger charge is -2.35. The third-order valence-electron chi connectivity index (χ3n) is 4.79. The van der Waals surface area contributed by atoms with Gasteiger partial charge in [-0.25, -0.2) is 0 Å². The average Bonchev–Trinajstić information content (AvgIpc) is 3.45. The van der Waals surface area contributed by atoms with Gasteiger partial charge in [-0.3, -0.25) is 9.59 Å². The summed E-state index contributed by atoms with van der Waals surface area (Å²) in [5, 5.41) is 12.4. The lowest BCUT2D eigenvalue weighted by molar-refractivity contribution is -0.139. The molecular formula is C18H25N3O3. The summed E-state index contributed by atoms with van der Waals surface area (Å²) in [6.45, 7) is 4.67. The zero-order valence-electron chi connectivity index (χ0n) is 14.1. The standard InChI is InChI=1S/C18H25N3O3/c1-13-2-3-14(12-22)10-16(13)19-11-17(23)20-6-8-21(9-7-20)18(24)15-4-5-15/h2-3,10,15,19,22H,4-9,11-12H2,1H3. The van der Waals surface area contributed by atoms with Gasteiger partial charge in [-0.15, -0.1) is 0 Å². The molecule has 0 unspecified atom stereocenters. The van der Waals surface area contributed by atoms with Crippen LogP contribution in [0.3, 0.4) is 0 Å². The van der Waals surface area contributed by atoms with E-state index in [9.17, 15) is 14.7 Å². The Morgan fingerprint density at radius 3 is 2.46 bits per heavy atom. The largest absolute Gasteiger partial charge is 0.392 e. The summed E-state index contributed by atoms with van der Waals surface area (Å²) in [6, 6.07) is 5.67. The minimum absolute atomic E-state index is 0.0140. The monoisotopic (exact) mass is 331 g/mol. The summed E-state index contributed by atoms with van der Waals surface area (Å²) in [5.41, 5.74) is 2.74. The van der Waals surface area contributed by atoms with Crippen LogP contribution in [-0.2, 0) is 16.2 Å². The van der Waals surface area contributed by atoms with E-state index in [1.54, 1.807) is 0 Å². The third kappa shape index (κ3) is 3.87. The van der Waals surface area contributed by atoms with Crippen molar-refractivity contribution in [3.63, 3.8) is 0 Å². The zero-order valence-corrected chi connectivity index (χ0v) is 14.1. The van der Waals surface area contributed by atoms with E-state index < -0.39 is 0 Å². The summed E-state index contributed by atoms with van der Waals surface area (Å²) in [7, 11) is 0. The van der Waals surface area contributed by atoms with Crippen LogP contribution in [0, 0.1) is 12.8 Å². The van der Waals surface area contributed by atoms with E-state index in [1.165, 1.54) is 0 Å². The third-order valence-corrected chi connectivity index (χ3v) is 4.79. The number of anilines is 1. The molecule has 3 rings (SSSR count). The van der Waals surface area contributed by atoms with E-state index in [4.69, 9.17) is 0 Å². The van der Waals surface area contributed by atoms with Crippen molar-refractivity contribution in [2.75, 3.05) is 38.0 Å². The van der Waals surface area contributed by atoms with Gasteiger partial charge in [0.05, 0.1) is 13.2 Å². The first kappa shape index (κ1) is 16.8. The molecular weight excluding hydrogens is 306 g/mol. The van der Waals surface area contributed by atoms with Crippen molar-refractivity contribution in [1.82, 2.24) is 9.80 Å². The van der Waals surface area contributed by atoms with Crippen molar-refractivity contribution in [3.8, 4) is 0 Å². The molecule has 6 heteroatoms. The smallest absolute Gasteiger partial charge is 0.241 e. The van der Waals surface area contributed by atoms with Crippen LogP contribution in [0.1, 0.15) is 24.0 Å². The van der Waals surface area contributed by atoms with Crippen molar-refractivity contribution in [2.45, 2.75) is 26.4 Å². The Labute approximate surface area is 142 Å². The first-order chi connectivity index (χ1) is 11.6. The number of piperazine rings is 1. The Morgan fingerprint density at radius 2 is 1.83 bits per heavy atom. The van der Waals surface area contributed by atoms with Gasteiger partial charge in [0.25, 0.3) is 0 Å². The van der Waals surface area contributed by atoms with E-state index in [0.717, 1.165) is 29.7 Å². The number of hydrogen-bond donors (Lipinski definition) is 2. The molecule has 1 heterocycles. The number of aryl methyl sites for hydroxylation is 1. The number of amides is 2. The summed E-state index contributed by atoms with van der Waals surface area (Å²) >= 11 is 0. The van der Waals surface area contributed by atoms with Crippen molar-refractivity contribution in [2.24, 2.45) is 5.92 Å². The highest BCUT2D eigenvalue weighted by Gasteiger charge is 2.35. The first-order valence-corrected chi connectivity index (χ1v) is 8.59. The minimum atomic E-state index is -0.0140. The molecule has 2 aliphatic rings. The fraction of sp³-hybridized carbons (Fsp3) is 0.556. The van der Waals surface area contributed by atoms with Crippen molar-refractivity contribution < 1.29 is 14.7 Å². The van der Waals surface area contributed by atoms with E-state index in [-0.39, 0.29) is 30.9 Å². The van der Waals surface area contributed by atoms with Crippen LogP contribution in [0.2, 0.25) is 0 Å². The van der Waals surface area contributed by atoms with Gasteiger partial charge in [0.15, 0.2) is 0 Å². The second-order valence-electron chi connectivity index (χ2n) is 6.64. The van der Waals surface area contributed by atoms with E-state index >= 15 is 0 Å². The summed E-state index contributed by atoms with van der Waals surface area (Å²) in [4.78, 5) is 28.1. The Morgan fingerprint density at radius 1 is 1.17 bits per heavy atom. The molecule has 0 spiro atoms. The van der Waals surface area contributed by atoms with Gasteiger partial charge in [0.2, 0.25) is 11.8 Å². The predicted octanol–water partition coefficient (Wildman–Crippen LogP) is 0.980. The summed E-state index contributed by atoms with van der Waals surface area (Å²) in [6.07, 6.45) is 2.04. The normalized spacial score (nSPS) is 17.8. The van der Waals surface area contributed by atoms with Gasteiger partial charge in [0, 0.05) is 37.8 Å². The maximum atomic E-state index is 12.4. The molecule has 6 nitrogen and oxygen atoms in total. The highest BCUT2D eigenvalue weighted by molar-refractivity contribution is 5.83. The van der Waals surface area contributed by atoms with E-state index in [2.05, 4.69) is 5.32 Å². The highest BCUT2D eigenvalue weighted by Crippen LogP contribution is 2.31. The molecule has 1 saturated heterocycles. The van der Waals surface area contributed by atoms with Gasteiger partial charge in [-0.05, 0) is 37.0 Å². The fourth-order valence-electron chi connectivity index (χ4n) is 3.01. The van der Waals surface area contributed by atoms with Crippen LogP contribution in [0.15, 0.2) is 18.2 Å². The molecule has 0 radical (unpaired) electrons. The topological polar surface area (TPSA) is 72.9 Å². The highest BCUT2D eigenvalue weighted by atomic mass is 16.3. The van der Waals surface area contributed by atoms with Crippen LogP contribution in [0.4, 0.5) is 5.69 Å². The molecule has 0 bridgehead atoms. The van der Waals surface area contributed by atoms with E-state index in [1.807, 2.05) is 34.9 Å². The first-order valence-electron chi connectivity index (χ1n) is 8.59. The molecule has 2 fully saturated rings. The Kier molecular flexibility index (Phi) is 5.04. The van der Waals surface area contributed by atoms with Crippen LogP contribution < -0.4 is 5.32 Å². The van der Waals surface area contributed by atoms with Crippen molar-refractivity contribution in [1.29, 1.82) is 0 Å². The number of benzene rings is 1. The fourth-order valence-corrected chi connectivity index (χ4v) is 3.01. The van der Waals surface area contributed by atoms with Gasteiger partial charge in [0.1, 0.15) is 0 Å². The summed E-state index contributed by atoms with van der Waals surface area (Å²) in [5.74, 6) is 0.551. The van der Waals surface area contributed by atoms with Crippen LogP contribution in [-0.4, -0.2) is 59.4 Å². The Balaban J connectivity index is 1.48. The number of rotatable bonds is 5. The van der Waals surface area contributed by atoms with Crippen LogP contribution >= 0.6 is 0 Å². The molecule has 1 aliphatic carbocycles. The molecule has 1 saturated carbocycles. The maximum absolute atomic E-state index is 12.4. The quantitative estimate of drug-likeness (QED) is 0.844. The Bertz CT molecular complexity index is 620. The SMILES string of the molecule is Cc1ccc(CO)cc1NCC(=O)N1CCN(C(=O)C2CC2)CC1. The lowest BCUT2D eigenvalue weighted by Crippen LogP contribution is -2.52. The molecule has 0 aromatic heterocycles. The molecule has 1 aromatic carbocycles. The molecule has 0 atom stereocenters. The number of hydrogen-bond acceptors (Lipinski definition) is 4. The van der Waals surface area contributed by atoms with Crippen LogP contribution in [0.25, 0.3) is 0 Å². The second-order valence-corrected chi connectivity index (χ2v) is 6.64. The molecule has 130 valence electrons. The number of nitrogens with zero attached hydrogens (tertiary/aromatic N) is 2. The molecule has 1 aliphatic heterocycles. The van der Waals surface area contributed by atoms with Crippen molar-refractivity contribution in [3.05, 3.63) is 29.3 Å². The lowest BCUT2D eigenvalue weighted by atomic mass is 10.1. The van der Waals surface area contributed by atoms with Crippen molar-refractivity contribution >= 4 is 17.5 Å². The van der Waals surface area contributed by atoms with Gasteiger partial charge in [-0.1, -0.05) is 12.1 Å². The maximum Gasteiger partial charge on any atom is 0.241 e. The number of aliphatic hydroxyl groups excluding tert-OH is 1.